The SMILES string of the molecule is CC(=O)OC[C@H]1O[C@@H](c2no[n+]([O-])c2[C@@H]2O[C@H](COC(C)=O)[C@H](OC(C)=O)[C@H](OC(C)=O)[C@H]2OC(C)=O)[C@H](OC(C)=O)[C@@H](OC(C)=O)[C@H]1OC(C)=O. The van der Waals surface area contributed by atoms with Gasteiger partial charge in [-0.2, -0.15) is 0 Å². The number of esters is 8. The first-order valence-electron chi connectivity index (χ1n) is 15.5. The lowest BCUT2D eigenvalue weighted by atomic mass is 9.88. The number of nitrogens with zero attached hydrogens (tertiary/aromatic N) is 2. The Balaban J connectivity index is 2.31. The van der Waals surface area contributed by atoms with Crippen LogP contribution in [0.3, 0.4) is 0 Å². The van der Waals surface area contributed by atoms with Gasteiger partial charge in [0.1, 0.15) is 25.4 Å². The lowest BCUT2D eigenvalue weighted by Gasteiger charge is -2.44. The van der Waals surface area contributed by atoms with Crippen molar-refractivity contribution < 1.29 is 95.3 Å². The Labute approximate surface area is 294 Å². The van der Waals surface area contributed by atoms with Crippen LogP contribution in [0.4, 0.5) is 0 Å². The highest BCUT2D eigenvalue weighted by Gasteiger charge is 2.60. The summed E-state index contributed by atoms with van der Waals surface area (Å²) in [5.41, 5.74) is -1.24. The first-order valence-corrected chi connectivity index (χ1v) is 15.5. The molecule has 1 aromatic rings. The lowest BCUT2D eigenvalue weighted by molar-refractivity contribution is -0.811. The molecule has 22 nitrogen and oxygen atoms in total. The van der Waals surface area contributed by atoms with E-state index in [1.807, 2.05) is 0 Å². The van der Waals surface area contributed by atoms with E-state index < -0.39 is 133 Å². The normalized spacial score (nSPS) is 28.3. The predicted octanol–water partition coefficient (Wildman–Crippen LogP) is -1.10. The van der Waals surface area contributed by atoms with Gasteiger partial charge in [-0.05, 0) is 4.90 Å². The maximum atomic E-state index is 13.5. The summed E-state index contributed by atoms with van der Waals surface area (Å²) in [6.07, 6.45) is -16.9. The molecular weight excluding hydrogens is 708 g/mol. The van der Waals surface area contributed by atoms with E-state index in [1.165, 1.54) is 0 Å². The lowest BCUT2D eigenvalue weighted by Crippen LogP contribution is -2.61. The Morgan fingerprint density at radius 2 is 0.846 bits per heavy atom. The average molecular weight is 747 g/mol. The smallest absolute Gasteiger partial charge is 0.303 e. The molecule has 2 saturated heterocycles. The minimum absolute atomic E-state index is 0.218. The van der Waals surface area contributed by atoms with Gasteiger partial charge in [0.25, 0.3) is 5.69 Å². The Morgan fingerprint density at radius 3 is 1.21 bits per heavy atom. The van der Waals surface area contributed by atoms with Crippen molar-refractivity contribution in [2.45, 2.75) is 116 Å². The maximum Gasteiger partial charge on any atom is 0.303 e. The molecular formula is C30H38N2O20. The number of hydrogen-bond acceptors (Lipinski definition) is 21. The molecule has 0 N–H and O–H groups in total. The van der Waals surface area contributed by atoms with Gasteiger partial charge in [0.15, 0.2) is 48.8 Å². The zero-order valence-electron chi connectivity index (χ0n) is 29.2. The van der Waals surface area contributed by atoms with Crippen molar-refractivity contribution >= 4 is 47.8 Å². The van der Waals surface area contributed by atoms with Crippen LogP contribution < -0.4 is 4.90 Å². The molecule has 3 rings (SSSR count). The second-order valence-electron chi connectivity index (χ2n) is 11.4. The van der Waals surface area contributed by atoms with E-state index in [-0.39, 0.29) is 4.90 Å². The number of carbonyl (C=O) groups is 8. The van der Waals surface area contributed by atoms with Crippen LogP contribution >= 0.6 is 0 Å². The Kier molecular flexibility index (Phi) is 14.0. The van der Waals surface area contributed by atoms with Gasteiger partial charge in [-0.15, -0.1) is 0 Å². The zero-order valence-corrected chi connectivity index (χ0v) is 29.2. The largest absolute Gasteiger partial charge is 0.463 e. The number of aromatic nitrogens is 2. The number of rotatable bonds is 12. The van der Waals surface area contributed by atoms with Crippen molar-refractivity contribution in [3.63, 3.8) is 0 Å². The van der Waals surface area contributed by atoms with Gasteiger partial charge in [0.05, 0.1) is 0 Å². The molecule has 1 aromatic heterocycles. The van der Waals surface area contributed by atoms with Gasteiger partial charge >= 0.3 is 47.8 Å². The quantitative estimate of drug-likeness (QED) is 0.139. The average Bonchev–Trinajstić information content (AvgIpc) is 3.38. The summed E-state index contributed by atoms with van der Waals surface area (Å²) in [6.45, 7) is 6.76. The Hall–Kier alpha value is -5.38. The molecule has 2 aliphatic heterocycles. The van der Waals surface area contributed by atoms with Crippen molar-refractivity contribution in [3.05, 3.63) is 16.6 Å². The second-order valence-corrected chi connectivity index (χ2v) is 11.4. The molecule has 3 heterocycles. The van der Waals surface area contributed by atoms with E-state index in [0.717, 1.165) is 55.4 Å². The summed E-state index contributed by atoms with van der Waals surface area (Å²) in [5, 5.41) is 17.2. The number of carbonyl (C=O) groups excluding carboxylic acids is 8. The van der Waals surface area contributed by atoms with Crippen molar-refractivity contribution in [1.82, 2.24) is 5.16 Å². The van der Waals surface area contributed by atoms with E-state index in [0.29, 0.717) is 0 Å². The fourth-order valence-electron chi connectivity index (χ4n) is 5.61. The van der Waals surface area contributed by atoms with Crippen LogP contribution in [-0.4, -0.2) is 115 Å². The zero-order chi connectivity index (χ0) is 39.0. The van der Waals surface area contributed by atoms with Gasteiger partial charge in [-0.25, -0.2) is 0 Å². The van der Waals surface area contributed by atoms with E-state index in [9.17, 15) is 43.6 Å². The first kappa shape index (κ1) is 41.0. The molecule has 52 heavy (non-hydrogen) atoms. The van der Waals surface area contributed by atoms with E-state index in [1.54, 1.807) is 0 Å². The molecule has 0 bridgehead atoms. The number of hydrogen-bond donors (Lipinski definition) is 0. The van der Waals surface area contributed by atoms with Crippen LogP contribution in [0.5, 0.6) is 0 Å². The molecule has 0 amide bonds. The highest BCUT2D eigenvalue weighted by molar-refractivity contribution is 5.70. The highest BCUT2D eigenvalue weighted by Crippen LogP contribution is 2.43. The van der Waals surface area contributed by atoms with Gasteiger partial charge < -0.3 is 52.6 Å². The van der Waals surface area contributed by atoms with Crippen LogP contribution in [-0.2, 0) is 85.7 Å². The molecule has 22 heteroatoms. The van der Waals surface area contributed by atoms with Crippen molar-refractivity contribution in [2.24, 2.45) is 0 Å². The van der Waals surface area contributed by atoms with Crippen LogP contribution in [0.15, 0.2) is 4.63 Å². The molecule has 0 unspecified atom stereocenters. The summed E-state index contributed by atoms with van der Waals surface area (Å²) in [7, 11) is 0. The third-order valence-electron chi connectivity index (χ3n) is 7.19. The fourth-order valence-corrected chi connectivity index (χ4v) is 5.61. The second kappa shape index (κ2) is 17.7. The molecule has 288 valence electrons. The standard InChI is InChI=1S/C30H38N2O20/c1-11(33)42-9-19-23(44-13(3)35)27(46-15(5)37)29(48-17(7)39)25(50-19)21-22(32(41)52-31-21)26-30(49-18(8)40)28(47-16(6)38)24(45-14(4)36)20(51-26)10-43-12(2)34/h19-20,23-30H,9-10H2,1-8H3/t19-,20-,23+,24+,25+,26+,27+,28+,29+,30+/m1/s1. The first-order chi connectivity index (χ1) is 24.3. The summed E-state index contributed by atoms with van der Waals surface area (Å²) in [5.74, 6) is -7.34. The Bertz CT molecular complexity index is 1540. The maximum absolute atomic E-state index is 13.5. The van der Waals surface area contributed by atoms with Crippen LogP contribution in [0.25, 0.3) is 0 Å². The molecule has 2 aliphatic rings. The molecule has 0 spiro atoms. The molecule has 2 fully saturated rings. The van der Waals surface area contributed by atoms with Gasteiger partial charge in [-0.3, -0.25) is 43.0 Å². The molecule has 0 aromatic carbocycles. The van der Waals surface area contributed by atoms with Crippen LogP contribution in [0, 0.1) is 5.21 Å². The highest BCUT2D eigenvalue weighted by atomic mass is 16.8. The van der Waals surface area contributed by atoms with E-state index >= 15 is 0 Å². The van der Waals surface area contributed by atoms with Crippen LogP contribution in [0.1, 0.15) is 79.0 Å². The third-order valence-corrected chi connectivity index (χ3v) is 7.19. The summed E-state index contributed by atoms with van der Waals surface area (Å²) in [6, 6.07) is 0. The minimum Gasteiger partial charge on any atom is -0.463 e. The molecule has 10 atom stereocenters. The van der Waals surface area contributed by atoms with Gasteiger partial charge in [0.2, 0.25) is 5.69 Å². The van der Waals surface area contributed by atoms with Crippen molar-refractivity contribution in [2.75, 3.05) is 13.2 Å². The minimum atomic E-state index is -1.88. The summed E-state index contributed by atoms with van der Waals surface area (Å²) < 4.78 is 59.8. The molecule has 0 radical (unpaired) electrons. The molecule has 0 aliphatic carbocycles. The van der Waals surface area contributed by atoms with Crippen LogP contribution in [0.2, 0.25) is 0 Å². The third kappa shape index (κ3) is 10.6. The van der Waals surface area contributed by atoms with Gasteiger partial charge in [0, 0.05) is 60.5 Å². The monoisotopic (exact) mass is 746 g/mol. The number of ether oxygens (including phenoxy) is 10. The van der Waals surface area contributed by atoms with Crippen molar-refractivity contribution in [1.29, 1.82) is 0 Å². The van der Waals surface area contributed by atoms with Crippen molar-refractivity contribution in [3.8, 4) is 0 Å². The van der Waals surface area contributed by atoms with Gasteiger partial charge in [-0.1, -0.05) is 0 Å². The Morgan fingerprint density at radius 1 is 0.519 bits per heavy atom. The predicted molar refractivity (Wildman–Crippen MR) is 157 cm³/mol. The molecule has 0 saturated carbocycles. The van der Waals surface area contributed by atoms with E-state index in [4.69, 9.17) is 52.0 Å². The fraction of sp³-hybridized carbons (Fsp3) is 0.667. The van der Waals surface area contributed by atoms with E-state index in [2.05, 4.69) is 5.16 Å². The summed E-state index contributed by atoms with van der Waals surface area (Å²) in [4.78, 5) is 97.2. The summed E-state index contributed by atoms with van der Waals surface area (Å²) >= 11 is 0. The topological polar surface area (TPSA) is 282 Å².